The lowest BCUT2D eigenvalue weighted by Crippen LogP contribution is -2.48. The maximum atomic E-state index is 13.5. The molecule has 1 aliphatic rings. The maximum absolute atomic E-state index is 13.5. The molecule has 0 aliphatic carbocycles. The molecule has 182 valence electrons. The molecule has 0 spiro atoms. The third-order valence-electron chi connectivity index (χ3n) is 5.07. The zero-order valence-electron chi connectivity index (χ0n) is 19.6. The van der Waals surface area contributed by atoms with Crippen LogP contribution in [0.5, 0.6) is 5.75 Å². The van der Waals surface area contributed by atoms with E-state index in [4.69, 9.17) is 0 Å². The first-order valence-electron chi connectivity index (χ1n) is 11.1. The number of allylic oxidation sites excluding steroid dienone is 2. The van der Waals surface area contributed by atoms with Crippen LogP contribution in [0.25, 0.3) is 5.57 Å². The van der Waals surface area contributed by atoms with Gasteiger partial charge in [-0.25, -0.2) is 9.80 Å². The van der Waals surface area contributed by atoms with Gasteiger partial charge in [0.25, 0.3) is 0 Å². The van der Waals surface area contributed by atoms with Crippen LogP contribution in [0.3, 0.4) is 0 Å². The Morgan fingerprint density at radius 3 is 2.35 bits per heavy atom. The first-order valence-corrected chi connectivity index (χ1v) is 11.1. The summed E-state index contributed by atoms with van der Waals surface area (Å²) in [4.78, 5) is 15.3. The molecule has 0 atom stereocenters. The van der Waals surface area contributed by atoms with Crippen LogP contribution in [0.15, 0.2) is 73.1 Å². The fourth-order valence-corrected chi connectivity index (χ4v) is 3.61. The molecular weight excluding hydrogens is 443 g/mol. The van der Waals surface area contributed by atoms with E-state index in [-0.39, 0.29) is 17.2 Å². The summed E-state index contributed by atoms with van der Waals surface area (Å²) in [6.45, 7) is 7.36. The largest absolute Gasteiger partial charge is 0.573 e. The van der Waals surface area contributed by atoms with Gasteiger partial charge >= 0.3 is 12.4 Å². The van der Waals surface area contributed by atoms with Gasteiger partial charge in [-0.05, 0) is 47.1 Å². The van der Waals surface area contributed by atoms with Gasteiger partial charge in [0.05, 0.1) is 0 Å². The molecule has 0 fully saturated rings. The lowest BCUT2D eigenvalue weighted by atomic mass is 9.96. The quantitative estimate of drug-likeness (QED) is 0.531. The summed E-state index contributed by atoms with van der Waals surface area (Å²) in [6.07, 6.45) is 1.74. The summed E-state index contributed by atoms with van der Waals surface area (Å²) in [7, 11) is 0. The first kappa shape index (κ1) is 25.2. The normalized spacial score (nSPS) is 14.2. The summed E-state index contributed by atoms with van der Waals surface area (Å²) in [5.74, 6) is -0.288. The Morgan fingerprint density at radius 1 is 1.06 bits per heavy atom. The standard InChI is InChI=1S/C26H30F3N3O2/c1-25(2,3)19-31(17-15-20-8-5-4-6-9-20)24(33)32-18-22(10-7-16-30-32)21-11-13-23(14-12-21)34-26(27,28)29/h4-9,11-14,16,18,30H,10,15,17,19H2,1-3H3. The lowest BCUT2D eigenvalue weighted by molar-refractivity contribution is -0.274. The third kappa shape index (κ3) is 7.86. The van der Waals surface area contributed by atoms with E-state index >= 15 is 0 Å². The van der Waals surface area contributed by atoms with Crippen molar-refractivity contribution >= 4 is 11.6 Å². The molecule has 0 radical (unpaired) electrons. The number of amides is 2. The summed E-state index contributed by atoms with van der Waals surface area (Å²) in [5, 5.41) is 1.43. The highest BCUT2D eigenvalue weighted by Gasteiger charge is 2.31. The number of nitrogens with one attached hydrogen (secondary N) is 1. The molecule has 0 saturated heterocycles. The molecule has 0 aromatic heterocycles. The number of hydrogen-bond donors (Lipinski definition) is 1. The van der Waals surface area contributed by atoms with E-state index in [1.54, 1.807) is 24.5 Å². The molecule has 1 N–H and O–H groups in total. The van der Waals surface area contributed by atoms with Gasteiger partial charge in [-0.1, -0.05) is 69.3 Å². The Morgan fingerprint density at radius 2 is 1.74 bits per heavy atom. The molecule has 0 unspecified atom stereocenters. The van der Waals surface area contributed by atoms with E-state index in [0.29, 0.717) is 25.1 Å². The van der Waals surface area contributed by atoms with Gasteiger partial charge in [0, 0.05) is 25.5 Å². The number of carbonyl (C=O) groups is 1. The molecule has 5 nitrogen and oxygen atoms in total. The van der Waals surface area contributed by atoms with Crippen molar-refractivity contribution < 1.29 is 22.7 Å². The van der Waals surface area contributed by atoms with Crippen molar-refractivity contribution in [2.45, 2.75) is 40.0 Å². The molecule has 2 amide bonds. The Hall–Kier alpha value is -3.42. The van der Waals surface area contributed by atoms with Crippen molar-refractivity contribution in [3.63, 3.8) is 0 Å². The third-order valence-corrected chi connectivity index (χ3v) is 5.07. The van der Waals surface area contributed by atoms with Crippen LogP contribution < -0.4 is 10.2 Å². The molecule has 34 heavy (non-hydrogen) atoms. The highest BCUT2D eigenvalue weighted by atomic mass is 19.4. The van der Waals surface area contributed by atoms with Gasteiger partial charge < -0.3 is 9.64 Å². The average Bonchev–Trinajstić information content (AvgIpc) is 3.02. The van der Waals surface area contributed by atoms with Crippen LogP contribution >= 0.6 is 0 Å². The Balaban J connectivity index is 1.79. The van der Waals surface area contributed by atoms with Crippen LogP contribution in [-0.2, 0) is 6.42 Å². The number of carbonyl (C=O) groups excluding carboxylic acids is 1. The minimum absolute atomic E-state index is 0.102. The van der Waals surface area contributed by atoms with Crippen molar-refractivity contribution in [2.75, 3.05) is 13.1 Å². The zero-order chi connectivity index (χ0) is 24.8. The topological polar surface area (TPSA) is 44.8 Å². The zero-order valence-corrected chi connectivity index (χ0v) is 19.6. The number of rotatable bonds is 6. The van der Waals surface area contributed by atoms with Gasteiger partial charge in [0.2, 0.25) is 0 Å². The number of benzene rings is 2. The molecule has 0 bridgehead atoms. The second kappa shape index (κ2) is 10.7. The molecular formula is C26H30F3N3O2. The number of urea groups is 1. The molecule has 1 heterocycles. The smallest absolute Gasteiger partial charge is 0.406 e. The Bertz CT molecular complexity index is 1010. The fraction of sp³-hybridized carbons (Fsp3) is 0.346. The number of alkyl halides is 3. The number of ether oxygens (including phenoxy) is 1. The van der Waals surface area contributed by atoms with Crippen molar-refractivity contribution in [2.24, 2.45) is 5.41 Å². The minimum atomic E-state index is -4.74. The van der Waals surface area contributed by atoms with E-state index in [2.05, 4.69) is 30.9 Å². The second-order valence-corrected chi connectivity index (χ2v) is 9.33. The summed E-state index contributed by atoms with van der Waals surface area (Å²) in [6, 6.07) is 15.4. The van der Waals surface area contributed by atoms with Gasteiger partial charge in [-0.15, -0.1) is 13.2 Å². The van der Waals surface area contributed by atoms with Crippen LogP contribution in [0, 0.1) is 5.41 Å². The van der Waals surface area contributed by atoms with Gasteiger partial charge in [-0.3, -0.25) is 5.43 Å². The molecule has 0 saturated carbocycles. The highest BCUT2D eigenvalue weighted by molar-refractivity contribution is 5.78. The van der Waals surface area contributed by atoms with E-state index < -0.39 is 6.36 Å². The monoisotopic (exact) mass is 473 g/mol. The fourth-order valence-electron chi connectivity index (χ4n) is 3.61. The minimum Gasteiger partial charge on any atom is -0.406 e. The Labute approximate surface area is 198 Å². The van der Waals surface area contributed by atoms with E-state index in [0.717, 1.165) is 17.6 Å². The molecule has 2 aromatic rings. The number of hydrazine groups is 1. The summed E-state index contributed by atoms with van der Waals surface area (Å²) >= 11 is 0. The number of nitrogens with zero attached hydrogens (tertiary/aromatic N) is 2. The average molecular weight is 474 g/mol. The van der Waals surface area contributed by atoms with E-state index in [1.165, 1.54) is 17.1 Å². The van der Waals surface area contributed by atoms with Crippen LogP contribution in [0.2, 0.25) is 0 Å². The number of hydrogen-bond acceptors (Lipinski definition) is 3. The van der Waals surface area contributed by atoms with Crippen LogP contribution in [-0.4, -0.2) is 35.4 Å². The predicted molar refractivity (Wildman–Crippen MR) is 126 cm³/mol. The van der Waals surface area contributed by atoms with E-state index in [1.807, 2.05) is 41.3 Å². The Kier molecular flexibility index (Phi) is 7.91. The lowest BCUT2D eigenvalue weighted by Gasteiger charge is -2.33. The van der Waals surface area contributed by atoms with Crippen molar-refractivity contribution in [1.82, 2.24) is 15.3 Å². The van der Waals surface area contributed by atoms with Gasteiger partial charge in [-0.2, -0.15) is 0 Å². The molecule has 3 rings (SSSR count). The SMILES string of the molecule is CC(C)(C)CN(CCc1ccccc1)C(=O)N1C=C(c2ccc(OC(F)(F)F)cc2)CC=CN1. The van der Waals surface area contributed by atoms with Gasteiger partial charge in [0.1, 0.15) is 5.75 Å². The predicted octanol–water partition coefficient (Wildman–Crippen LogP) is 6.36. The molecule has 2 aromatic carbocycles. The second-order valence-electron chi connectivity index (χ2n) is 9.33. The van der Waals surface area contributed by atoms with Crippen molar-refractivity contribution in [3.05, 3.63) is 84.2 Å². The molecule has 1 aliphatic heterocycles. The highest BCUT2D eigenvalue weighted by Crippen LogP contribution is 2.27. The van der Waals surface area contributed by atoms with Crippen molar-refractivity contribution in [3.8, 4) is 5.75 Å². The van der Waals surface area contributed by atoms with E-state index in [9.17, 15) is 18.0 Å². The number of halogens is 3. The van der Waals surface area contributed by atoms with Crippen LogP contribution in [0.4, 0.5) is 18.0 Å². The molecule has 8 heteroatoms. The van der Waals surface area contributed by atoms with Crippen molar-refractivity contribution in [1.29, 1.82) is 0 Å². The van der Waals surface area contributed by atoms with Gasteiger partial charge in [0.15, 0.2) is 0 Å². The summed E-state index contributed by atoms with van der Waals surface area (Å²) in [5.41, 5.74) is 5.53. The summed E-state index contributed by atoms with van der Waals surface area (Å²) < 4.78 is 41.3. The first-order chi connectivity index (χ1) is 16.0. The maximum Gasteiger partial charge on any atom is 0.573 e. The van der Waals surface area contributed by atoms with Crippen LogP contribution in [0.1, 0.15) is 38.3 Å².